The maximum Gasteiger partial charge on any atom is 0.280 e. The van der Waals surface area contributed by atoms with Crippen LogP contribution in [0.4, 0.5) is 0 Å². The zero-order chi connectivity index (χ0) is 22.4. The SMILES string of the molecule is COc1ccc(/C(C)=C/[C@@H]2[C@H](C)[C@H]2c2noc(Cn3cnc4ncn(C)c4c3=O)n2)cc1. The molecule has 0 spiro atoms. The third-order valence-corrected chi connectivity index (χ3v) is 6.22. The van der Waals surface area contributed by atoms with E-state index < -0.39 is 0 Å². The van der Waals surface area contributed by atoms with Crippen molar-refractivity contribution in [3.05, 3.63) is 70.6 Å². The number of benzene rings is 1. The lowest BCUT2D eigenvalue weighted by Gasteiger charge is -2.04. The van der Waals surface area contributed by atoms with Gasteiger partial charge in [0.1, 0.15) is 18.6 Å². The van der Waals surface area contributed by atoms with Crippen LogP contribution in [0, 0.1) is 11.8 Å². The number of allylic oxidation sites excluding steroid dienone is 2. The monoisotopic (exact) mass is 432 g/mol. The minimum absolute atomic E-state index is 0.173. The minimum atomic E-state index is -0.189. The van der Waals surface area contributed by atoms with Crippen LogP contribution in [0.1, 0.15) is 37.0 Å². The van der Waals surface area contributed by atoms with E-state index in [9.17, 15) is 4.79 Å². The van der Waals surface area contributed by atoms with E-state index in [1.165, 1.54) is 16.5 Å². The van der Waals surface area contributed by atoms with Crippen molar-refractivity contribution in [2.24, 2.45) is 18.9 Å². The molecule has 1 aliphatic rings. The molecule has 32 heavy (non-hydrogen) atoms. The standard InChI is InChI=1S/C23H24N6O3/c1-13(15-5-7-16(31-4)8-6-15)9-17-14(2)19(17)21-26-18(32-27-21)10-29-12-25-22-20(23(29)30)28(3)11-24-22/h5-9,11-12,14,17,19H,10H2,1-4H3/b13-9+/t14-,17+,19+/m0/s1. The van der Waals surface area contributed by atoms with E-state index in [1.807, 2.05) is 12.1 Å². The van der Waals surface area contributed by atoms with Crippen molar-refractivity contribution in [2.75, 3.05) is 7.11 Å². The van der Waals surface area contributed by atoms with Gasteiger partial charge in [0.25, 0.3) is 5.56 Å². The van der Waals surface area contributed by atoms with E-state index >= 15 is 0 Å². The van der Waals surface area contributed by atoms with Gasteiger partial charge >= 0.3 is 0 Å². The first-order valence-corrected chi connectivity index (χ1v) is 10.5. The molecule has 0 radical (unpaired) electrons. The van der Waals surface area contributed by atoms with Crippen molar-refractivity contribution in [1.29, 1.82) is 0 Å². The molecule has 0 N–H and O–H groups in total. The summed E-state index contributed by atoms with van der Waals surface area (Å²) in [4.78, 5) is 25.6. The van der Waals surface area contributed by atoms with Gasteiger partial charge in [0.05, 0.1) is 13.4 Å². The molecule has 1 aliphatic carbocycles. The third-order valence-electron chi connectivity index (χ3n) is 6.22. The maximum atomic E-state index is 12.7. The van der Waals surface area contributed by atoms with Crippen LogP contribution in [0.2, 0.25) is 0 Å². The number of fused-ring (bicyclic) bond motifs is 1. The molecule has 1 fully saturated rings. The zero-order valence-corrected chi connectivity index (χ0v) is 18.4. The molecule has 9 heteroatoms. The van der Waals surface area contributed by atoms with Gasteiger partial charge in [-0.25, -0.2) is 9.97 Å². The summed E-state index contributed by atoms with van der Waals surface area (Å²) in [6, 6.07) is 8.05. The largest absolute Gasteiger partial charge is 0.497 e. The molecule has 3 atom stereocenters. The lowest BCUT2D eigenvalue weighted by atomic mass is 10.1. The number of hydrogen-bond donors (Lipinski definition) is 0. The summed E-state index contributed by atoms with van der Waals surface area (Å²) in [7, 11) is 3.43. The highest BCUT2D eigenvalue weighted by atomic mass is 16.5. The molecule has 0 unspecified atom stereocenters. The van der Waals surface area contributed by atoms with Gasteiger partial charge in [-0.3, -0.25) is 9.36 Å². The van der Waals surface area contributed by atoms with Gasteiger partial charge in [-0.15, -0.1) is 0 Å². The molecular weight excluding hydrogens is 408 g/mol. The first-order valence-electron chi connectivity index (χ1n) is 10.5. The van der Waals surface area contributed by atoms with Crippen molar-refractivity contribution in [3.8, 4) is 5.75 Å². The number of hydrogen-bond acceptors (Lipinski definition) is 7. The van der Waals surface area contributed by atoms with E-state index in [1.54, 1.807) is 25.1 Å². The van der Waals surface area contributed by atoms with Gasteiger partial charge in [0.2, 0.25) is 5.89 Å². The molecular formula is C23H24N6O3. The smallest absolute Gasteiger partial charge is 0.280 e. The van der Waals surface area contributed by atoms with E-state index in [0.29, 0.717) is 34.7 Å². The predicted octanol–water partition coefficient (Wildman–Crippen LogP) is 3.02. The minimum Gasteiger partial charge on any atom is -0.497 e. The fourth-order valence-corrected chi connectivity index (χ4v) is 4.19. The molecule has 0 aliphatic heterocycles. The van der Waals surface area contributed by atoms with E-state index in [4.69, 9.17) is 9.26 Å². The van der Waals surface area contributed by atoms with Crippen molar-refractivity contribution >= 4 is 16.7 Å². The quantitative estimate of drug-likeness (QED) is 0.462. The Morgan fingerprint density at radius 1 is 1.22 bits per heavy atom. The highest BCUT2D eigenvalue weighted by molar-refractivity contribution is 5.69. The first-order chi connectivity index (χ1) is 15.5. The normalized spacial score (nSPS) is 20.6. The Kier molecular flexibility index (Phi) is 4.88. The highest BCUT2D eigenvalue weighted by Crippen LogP contribution is 2.54. The van der Waals surface area contributed by atoms with Crippen LogP contribution in [0.3, 0.4) is 0 Å². The molecule has 3 aromatic heterocycles. The maximum absolute atomic E-state index is 12.7. The molecule has 4 aromatic rings. The third kappa shape index (κ3) is 3.49. The molecule has 1 aromatic carbocycles. The highest BCUT2D eigenvalue weighted by Gasteiger charge is 2.49. The van der Waals surface area contributed by atoms with E-state index in [0.717, 1.165) is 11.3 Å². The summed E-state index contributed by atoms with van der Waals surface area (Å²) in [5.74, 6) is 2.88. The van der Waals surface area contributed by atoms with Crippen LogP contribution in [0.25, 0.3) is 16.7 Å². The number of aromatic nitrogens is 6. The fraction of sp³-hybridized carbons (Fsp3) is 0.348. The van der Waals surface area contributed by atoms with Crippen molar-refractivity contribution < 1.29 is 9.26 Å². The van der Waals surface area contributed by atoms with E-state index in [-0.39, 0.29) is 18.0 Å². The van der Waals surface area contributed by atoms with Crippen LogP contribution < -0.4 is 10.3 Å². The molecule has 0 bridgehead atoms. The first kappa shape index (κ1) is 20.2. The van der Waals surface area contributed by atoms with Crippen LogP contribution in [-0.4, -0.2) is 36.4 Å². The second-order valence-corrected chi connectivity index (χ2v) is 8.29. The van der Waals surface area contributed by atoms with Gasteiger partial charge < -0.3 is 13.8 Å². The van der Waals surface area contributed by atoms with Crippen LogP contribution in [0.15, 0.2) is 52.3 Å². The Hall–Kier alpha value is -3.75. The second-order valence-electron chi connectivity index (χ2n) is 8.29. The Balaban J connectivity index is 1.32. The lowest BCUT2D eigenvalue weighted by molar-refractivity contribution is 0.364. The summed E-state index contributed by atoms with van der Waals surface area (Å²) in [6.07, 6.45) is 5.31. The molecule has 0 saturated heterocycles. The van der Waals surface area contributed by atoms with Crippen molar-refractivity contribution in [2.45, 2.75) is 26.3 Å². The van der Waals surface area contributed by atoms with E-state index in [2.05, 4.69) is 52.2 Å². The fourth-order valence-electron chi connectivity index (χ4n) is 4.19. The van der Waals surface area contributed by atoms with Crippen LogP contribution >= 0.6 is 0 Å². The van der Waals surface area contributed by atoms with Gasteiger partial charge in [-0.2, -0.15) is 4.98 Å². The number of imidazole rings is 1. The average Bonchev–Trinajstić information content (AvgIpc) is 3.12. The number of aryl methyl sites for hydroxylation is 1. The molecule has 0 amide bonds. The zero-order valence-electron chi connectivity index (χ0n) is 18.4. The Morgan fingerprint density at radius 2 is 1.97 bits per heavy atom. The Labute approximate surface area is 184 Å². The number of nitrogens with zero attached hydrogens (tertiary/aromatic N) is 6. The molecule has 3 heterocycles. The number of rotatable bonds is 6. The Morgan fingerprint density at radius 3 is 2.72 bits per heavy atom. The summed E-state index contributed by atoms with van der Waals surface area (Å²) in [5, 5.41) is 4.19. The molecule has 9 nitrogen and oxygen atoms in total. The van der Waals surface area contributed by atoms with Gasteiger partial charge in [0, 0.05) is 13.0 Å². The van der Waals surface area contributed by atoms with Crippen molar-refractivity contribution in [3.63, 3.8) is 0 Å². The van der Waals surface area contributed by atoms with Gasteiger partial charge in [-0.05, 0) is 42.0 Å². The van der Waals surface area contributed by atoms with Crippen molar-refractivity contribution in [1.82, 2.24) is 29.2 Å². The second kappa shape index (κ2) is 7.74. The summed E-state index contributed by atoms with van der Waals surface area (Å²) in [5.41, 5.74) is 3.05. The van der Waals surface area contributed by atoms with Crippen LogP contribution in [-0.2, 0) is 13.6 Å². The lowest BCUT2D eigenvalue weighted by Crippen LogP contribution is -2.22. The predicted molar refractivity (Wildman–Crippen MR) is 118 cm³/mol. The molecule has 1 saturated carbocycles. The summed E-state index contributed by atoms with van der Waals surface area (Å²) >= 11 is 0. The summed E-state index contributed by atoms with van der Waals surface area (Å²) < 4.78 is 13.8. The molecule has 164 valence electrons. The topological polar surface area (TPSA) is 101 Å². The average molecular weight is 432 g/mol. The van der Waals surface area contributed by atoms with Gasteiger partial charge in [0.15, 0.2) is 17.0 Å². The Bertz CT molecular complexity index is 1360. The number of ether oxygens (including phenoxy) is 1. The molecule has 5 rings (SSSR count). The van der Waals surface area contributed by atoms with Gasteiger partial charge in [-0.1, -0.05) is 30.3 Å². The van der Waals surface area contributed by atoms with Crippen LogP contribution in [0.5, 0.6) is 5.75 Å². The summed E-state index contributed by atoms with van der Waals surface area (Å²) in [6.45, 7) is 4.47. The number of methoxy groups -OCH3 is 1.